The van der Waals surface area contributed by atoms with Gasteiger partial charge in [0.2, 0.25) is 17.7 Å². The molecule has 0 aromatic carbocycles. The highest BCUT2D eigenvalue weighted by Gasteiger charge is 2.43. The molecule has 21 heavy (non-hydrogen) atoms. The largest absolute Gasteiger partial charge is 0.355 e. The summed E-state index contributed by atoms with van der Waals surface area (Å²) < 4.78 is 0. The van der Waals surface area contributed by atoms with Crippen LogP contribution in [0.25, 0.3) is 0 Å². The molecule has 2 N–H and O–H groups in total. The number of rotatable bonds is 6. The van der Waals surface area contributed by atoms with E-state index in [2.05, 4.69) is 10.6 Å². The number of imide groups is 1. The van der Waals surface area contributed by atoms with Gasteiger partial charge in [-0.25, -0.2) is 0 Å². The Kier molecular flexibility index (Phi) is 5.33. The van der Waals surface area contributed by atoms with Gasteiger partial charge in [0.1, 0.15) is 0 Å². The molecule has 0 aromatic rings. The molecule has 6 heteroatoms. The monoisotopic (exact) mass is 295 g/mol. The zero-order valence-corrected chi connectivity index (χ0v) is 12.9. The van der Waals surface area contributed by atoms with Crippen LogP contribution in [0.3, 0.4) is 0 Å². The Balaban J connectivity index is 1.91. The minimum atomic E-state index is -0.555. The number of amides is 3. The highest BCUT2D eigenvalue weighted by atomic mass is 16.2. The van der Waals surface area contributed by atoms with Gasteiger partial charge < -0.3 is 5.32 Å². The molecular weight excluding hydrogens is 270 g/mol. The zero-order valence-electron chi connectivity index (χ0n) is 12.9. The minimum absolute atomic E-state index is 0.0704. The Morgan fingerprint density at radius 2 is 2.00 bits per heavy atom. The van der Waals surface area contributed by atoms with Crippen LogP contribution in [0.1, 0.15) is 52.4 Å². The summed E-state index contributed by atoms with van der Waals surface area (Å²) in [4.78, 5) is 37.7. The highest BCUT2D eigenvalue weighted by Crippen LogP contribution is 2.28. The fraction of sp³-hybridized carbons (Fsp3) is 0.800. The van der Waals surface area contributed by atoms with Crippen molar-refractivity contribution in [2.75, 3.05) is 6.54 Å². The second-order valence-corrected chi connectivity index (χ2v) is 5.98. The number of nitrogens with one attached hydrogen (secondary N) is 2. The summed E-state index contributed by atoms with van der Waals surface area (Å²) in [5.74, 6) is -0.399. The van der Waals surface area contributed by atoms with Crippen LogP contribution in [0.2, 0.25) is 0 Å². The molecule has 0 bridgehead atoms. The summed E-state index contributed by atoms with van der Waals surface area (Å²) in [6, 6.07) is -0.955. The maximum atomic E-state index is 12.4. The average Bonchev–Trinajstić information content (AvgIpc) is 3.05. The molecular formula is C15H25N3O3. The third kappa shape index (κ3) is 3.61. The number of carbonyl (C=O) groups is 3. The van der Waals surface area contributed by atoms with Crippen molar-refractivity contribution >= 4 is 17.7 Å². The Hall–Kier alpha value is -1.43. The van der Waals surface area contributed by atoms with Gasteiger partial charge in [0.05, 0.1) is 18.5 Å². The second kappa shape index (κ2) is 7.02. The molecule has 3 amide bonds. The molecule has 2 aliphatic rings. The third-order valence-electron chi connectivity index (χ3n) is 4.27. The van der Waals surface area contributed by atoms with Gasteiger partial charge in [-0.05, 0) is 26.2 Å². The van der Waals surface area contributed by atoms with Gasteiger partial charge in [-0.3, -0.25) is 24.6 Å². The minimum Gasteiger partial charge on any atom is -0.355 e. The number of carbonyl (C=O) groups excluding carboxylic acids is 3. The van der Waals surface area contributed by atoms with E-state index in [-0.39, 0.29) is 30.2 Å². The van der Waals surface area contributed by atoms with Gasteiger partial charge in [0, 0.05) is 12.6 Å². The van der Waals surface area contributed by atoms with Crippen LogP contribution in [0, 0.1) is 0 Å². The van der Waals surface area contributed by atoms with Gasteiger partial charge in [-0.15, -0.1) is 0 Å². The van der Waals surface area contributed by atoms with Crippen LogP contribution >= 0.6 is 0 Å². The van der Waals surface area contributed by atoms with Crippen molar-refractivity contribution < 1.29 is 14.4 Å². The quantitative estimate of drug-likeness (QED) is 0.702. The number of likely N-dealkylation sites (tertiary alicyclic amines) is 1. The van der Waals surface area contributed by atoms with Crippen LogP contribution in [0.4, 0.5) is 0 Å². The lowest BCUT2D eigenvalue weighted by molar-refractivity contribution is -0.141. The van der Waals surface area contributed by atoms with E-state index in [4.69, 9.17) is 0 Å². The van der Waals surface area contributed by atoms with Crippen molar-refractivity contribution in [3.63, 3.8) is 0 Å². The Morgan fingerprint density at radius 3 is 2.62 bits per heavy atom. The molecule has 1 heterocycles. The fourth-order valence-electron chi connectivity index (χ4n) is 3.11. The molecule has 1 aliphatic heterocycles. The molecule has 0 spiro atoms. The van der Waals surface area contributed by atoms with Crippen LogP contribution in [0.15, 0.2) is 0 Å². The number of hydrogen-bond acceptors (Lipinski definition) is 4. The molecule has 0 radical (unpaired) electrons. The van der Waals surface area contributed by atoms with E-state index in [0.29, 0.717) is 6.54 Å². The highest BCUT2D eigenvalue weighted by molar-refractivity contribution is 6.06. The first-order valence-corrected chi connectivity index (χ1v) is 7.94. The van der Waals surface area contributed by atoms with Crippen molar-refractivity contribution in [2.45, 2.75) is 70.5 Å². The van der Waals surface area contributed by atoms with E-state index in [0.717, 1.165) is 32.1 Å². The van der Waals surface area contributed by atoms with Gasteiger partial charge >= 0.3 is 0 Å². The standard InChI is InChI=1S/C15H25N3O3/c1-3-8-16-14(20)10(2)17-12-9-13(19)18(15(12)21)11-6-4-5-7-11/h10-12,17H,3-9H2,1-2H3,(H,16,20). The first-order valence-electron chi connectivity index (χ1n) is 7.94. The summed E-state index contributed by atoms with van der Waals surface area (Å²) in [6.45, 7) is 4.33. The van der Waals surface area contributed by atoms with E-state index in [1.165, 1.54) is 4.90 Å². The van der Waals surface area contributed by atoms with Crippen LogP contribution in [-0.2, 0) is 14.4 Å². The lowest BCUT2D eigenvalue weighted by atomic mass is 10.2. The van der Waals surface area contributed by atoms with Crippen molar-refractivity contribution in [3.05, 3.63) is 0 Å². The first-order chi connectivity index (χ1) is 10.0. The van der Waals surface area contributed by atoms with Gasteiger partial charge in [-0.2, -0.15) is 0 Å². The fourth-order valence-corrected chi connectivity index (χ4v) is 3.11. The molecule has 0 aromatic heterocycles. The van der Waals surface area contributed by atoms with E-state index in [1.807, 2.05) is 6.92 Å². The molecule has 2 atom stereocenters. The zero-order chi connectivity index (χ0) is 15.4. The molecule has 2 fully saturated rings. The Morgan fingerprint density at radius 1 is 1.33 bits per heavy atom. The Bertz CT molecular complexity index is 418. The van der Waals surface area contributed by atoms with Crippen molar-refractivity contribution in [2.24, 2.45) is 0 Å². The maximum Gasteiger partial charge on any atom is 0.247 e. The van der Waals surface area contributed by atoms with Crippen LogP contribution in [-0.4, -0.2) is 47.3 Å². The molecule has 2 unspecified atom stereocenters. The maximum absolute atomic E-state index is 12.4. The van der Waals surface area contributed by atoms with E-state index in [9.17, 15) is 14.4 Å². The average molecular weight is 295 g/mol. The normalized spacial score (nSPS) is 24.7. The van der Waals surface area contributed by atoms with Gasteiger partial charge in [0.25, 0.3) is 0 Å². The molecule has 1 saturated heterocycles. The van der Waals surface area contributed by atoms with Gasteiger partial charge in [0.15, 0.2) is 0 Å². The number of hydrogen-bond donors (Lipinski definition) is 2. The first kappa shape index (κ1) is 15.9. The summed E-state index contributed by atoms with van der Waals surface area (Å²) in [7, 11) is 0. The second-order valence-electron chi connectivity index (χ2n) is 5.98. The lowest BCUT2D eigenvalue weighted by Gasteiger charge is -2.23. The van der Waals surface area contributed by atoms with E-state index >= 15 is 0 Å². The third-order valence-corrected chi connectivity index (χ3v) is 4.27. The summed E-state index contributed by atoms with van der Waals surface area (Å²) in [5, 5.41) is 5.78. The van der Waals surface area contributed by atoms with Gasteiger partial charge in [-0.1, -0.05) is 19.8 Å². The Labute approximate surface area is 125 Å². The molecule has 2 rings (SSSR count). The van der Waals surface area contributed by atoms with E-state index in [1.54, 1.807) is 6.92 Å². The molecule has 1 saturated carbocycles. The molecule has 6 nitrogen and oxygen atoms in total. The van der Waals surface area contributed by atoms with Crippen molar-refractivity contribution in [1.82, 2.24) is 15.5 Å². The number of nitrogens with zero attached hydrogens (tertiary/aromatic N) is 1. The summed E-state index contributed by atoms with van der Waals surface area (Å²) in [6.07, 6.45) is 5.02. The topological polar surface area (TPSA) is 78.5 Å². The van der Waals surface area contributed by atoms with E-state index < -0.39 is 12.1 Å². The van der Waals surface area contributed by atoms with Crippen LogP contribution in [0.5, 0.6) is 0 Å². The lowest BCUT2D eigenvalue weighted by Crippen LogP contribution is -2.50. The molecule has 118 valence electrons. The van der Waals surface area contributed by atoms with Crippen molar-refractivity contribution in [3.8, 4) is 0 Å². The SMILES string of the molecule is CCCNC(=O)C(C)NC1CC(=O)N(C2CCCC2)C1=O. The summed E-state index contributed by atoms with van der Waals surface area (Å²) in [5.41, 5.74) is 0. The predicted molar refractivity (Wildman–Crippen MR) is 78.4 cm³/mol. The smallest absolute Gasteiger partial charge is 0.247 e. The predicted octanol–water partition coefficient (Wildman–Crippen LogP) is 0.561. The summed E-state index contributed by atoms with van der Waals surface area (Å²) >= 11 is 0. The van der Waals surface area contributed by atoms with Crippen LogP contribution < -0.4 is 10.6 Å². The van der Waals surface area contributed by atoms with Crippen molar-refractivity contribution in [1.29, 1.82) is 0 Å². The molecule has 1 aliphatic carbocycles.